The Morgan fingerprint density at radius 2 is 2.00 bits per heavy atom. The minimum Gasteiger partial charge on any atom is -0.497 e. The fourth-order valence-corrected chi connectivity index (χ4v) is 3.47. The molecule has 4 rings (SSSR count). The molecule has 0 saturated heterocycles. The summed E-state index contributed by atoms with van der Waals surface area (Å²) in [6, 6.07) is 11.2. The maximum Gasteiger partial charge on any atom is 0.259 e. The van der Waals surface area contributed by atoms with Crippen LogP contribution in [0.15, 0.2) is 47.1 Å². The summed E-state index contributed by atoms with van der Waals surface area (Å²) in [7, 11) is 3.39. The maximum atomic E-state index is 13.4. The Morgan fingerprint density at radius 3 is 2.70 bits per heavy atom. The van der Waals surface area contributed by atoms with Crippen molar-refractivity contribution in [2.75, 3.05) is 14.2 Å². The molecular formula is C22H23N5O3. The normalized spacial score (nSPS) is 11.1. The van der Waals surface area contributed by atoms with Gasteiger partial charge in [0.05, 0.1) is 41.7 Å². The van der Waals surface area contributed by atoms with E-state index < -0.39 is 0 Å². The van der Waals surface area contributed by atoms with Crippen molar-refractivity contribution in [2.45, 2.75) is 26.9 Å². The lowest BCUT2D eigenvalue weighted by molar-refractivity contribution is 0.0783. The number of ether oxygens (including phenoxy) is 1. The molecule has 0 atom stereocenters. The van der Waals surface area contributed by atoms with Crippen LogP contribution in [0, 0.1) is 6.92 Å². The van der Waals surface area contributed by atoms with E-state index in [9.17, 15) is 4.79 Å². The maximum absolute atomic E-state index is 13.4. The van der Waals surface area contributed by atoms with Crippen LogP contribution >= 0.6 is 0 Å². The van der Waals surface area contributed by atoms with Gasteiger partial charge in [-0.2, -0.15) is 5.10 Å². The van der Waals surface area contributed by atoms with Crippen molar-refractivity contribution in [2.24, 2.45) is 0 Å². The first kappa shape index (κ1) is 19.6. The third-order valence-electron chi connectivity index (χ3n) is 5.08. The summed E-state index contributed by atoms with van der Waals surface area (Å²) in [5.41, 5.74) is 3.94. The van der Waals surface area contributed by atoms with Crippen LogP contribution in [0.4, 0.5) is 0 Å². The summed E-state index contributed by atoms with van der Waals surface area (Å²) in [5, 5.41) is 8.93. The summed E-state index contributed by atoms with van der Waals surface area (Å²) >= 11 is 0. The highest BCUT2D eigenvalue weighted by Gasteiger charge is 2.22. The second kappa shape index (κ2) is 7.98. The number of nitrogens with zero attached hydrogens (tertiary/aromatic N) is 5. The van der Waals surface area contributed by atoms with Gasteiger partial charge in [-0.1, -0.05) is 5.16 Å². The molecule has 0 fully saturated rings. The summed E-state index contributed by atoms with van der Waals surface area (Å²) in [4.78, 5) is 19.6. The molecule has 8 heteroatoms. The van der Waals surface area contributed by atoms with E-state index >= 15 is 0 Å². The van der Waals surface area contributed by atoms with E-state index in [-0.39, 0.29) is 5.91 Å². The zero-order valence-electron chi connectivity index (χ0n) is 17.4. The van der Waals surface area contributed by atoms with Gasteiger partial charge in [-0.25, -0.2) is 4.98 Å². The van der Waals surface area contributed by atoms with Crippen molar-refractivity contribution in [3.05, 3.63) is 59.5 Å². The minimum atomic E-state index is -0.132. The fraction of sp³-hybridized carbons (Fsp3) is 0.273. The van der Waals surface area contributed by atoms with E-state index in [0.29, 0.717) is 34.6 Å². The van der Waals surface area contributed by atoms with Crippen LogP contribution in [0.5, 0.6) is 5.75 Å². The smallest absolute Gasteiger partial charge is 0.259 e. The van der Waals surface area contributed by atoms with Gasteiger partial charge in [-0.15, -0.1) is 0 Å². The first-order valence-corrected chi connectivity index (χ1v) is 9.69. The van der Waals surface area contributed by atoms with Crippen LogP contribution in [-0.4, -0.2) is 44.9 Å². The molecule has 4 aromatic rings. The molecule has 154 valence electrons. The van der Waals surface area contributed by atoms with E-state index in [4.69, 9.17) is 9.26 Å². The lowest BCUT2D eigenvalue weighted by atomic mass is 10.0. The Balaban J connectivity index is 1.74. The first-order chi connectivity index (χ1) is 14.5. The monoisotopic (exact) mass is 405 g/mol. The number of fused-ring (bicyclic) bond motifs is 1. The van der Waals surface area contributed by atoms with E-state index in [0.717, 1.165) is 23.6 Å². The van der Waals surface area contributed by atoms with E-state index in [1.54, 1.807) is 31.3 Å². The molecule has 3 heterocycles. The number of aromatic nitrogens is 4. The second-order valence-electron chi connectivity index (χ2n) is 7.03. The quantitative estimate of drug-likeness (QED) is 0.486. The number of amides is 1. The Kier molecular flexibility index (Phi) is 5.22. The van der Waals surface area contributed by atoms with Gasteiger partial charge in [-0.05, 0) is 50.2 Å². The number of carbonyl (C=O) groups excluding carboxylic acids is 1. The predicted molar refractivity (Wildman–Crippen MR) is 112 cm³/mol. The average Bonchev–Trinajstić information content (AvgIpc) is 3.38. The van der Waals surface area contributed by atoms with Crippen LogP contribution in [0.3, 0.4) is 0 Å². The molecule has 0 N–H and O–H groups in total. The molecule has 0 radical (unpaired) electrons. The van der Waals surface area contributed by atoms with E-state index in [2.05, 4.69) is 15.2 Å². The van der Waals surface area contributed by atoms with Gasteiger partial charge >= 0.3 is 0 Å². The van der Waals surface area contributed by atoms with Gasteiger partial charge in [0.2, 0.25) is 0 Å². The van der Waals surface area contributed by atoms with Gasteiger partial charge in [0.15, 0.2) is 0 Å². The first-order valence-electron chi connectivity index (χ1n) is 9.69. The lowest BCUT2D eigenvalue weighted by Crippen LogP contribution is -2.27. The summed E-state index contributed by atoms with van der Waals surface area (Å²) in [6.07, 6.45) is 1.74. The van der Waals surface area contributed by atoms with E-state index in [1.165, 1.54) is 0 Å². The fourth-order valence-electron chi connectivity index (χ4n) is 3.47. The van der Waals surface area contributed by atoms with Gasteiger partial charge in [0.1, 0.15) is 5.75 Å². The van der Waals surface area contributed by atoms with Gasteiger partial charge < -0.3 is 14.2 Å². The third kappa shape index (κ3) is 3.52. The van der Waals surface area contributed by atoms with Gasteiger partial charge in [-0.3, -0.25) is 9.48 Å². The Labute approximate surface area is 174 Å². The number of benzene rings is 1. The Bertz CT molecular complexity index is 1190. The van der Waals surface area contributed by atoms with E-state index in [1.807, 2.05) is 48.9 Å². The van der Waals surface area contributed by atoms with Crippen molar-refractivity contribution < 1.29 is 14.1 Å². The zero-order valence-corrected chi connectivity index (χ0v) is 17.4. The van der Waals surface area contributed by atoms with Crippen LogP contribution in [0.25, 0.3) is 22.4 Å². The minimum absolute atomic E-state index is 0.132. The number of hydrogen-bond donors (Lipinski definition) is 0. The number of hydrogen-bond acceptors (Lipinski definition) is 6. The van der Waals surface area contributed by atoms with Gasteiger partial charge in [0.25, 0.3) is 11.6 Å². The SMILES string of the molecule is CCn1nccc1CN(C)C(=O)c1cc(-c2ccc(OC)cc2)nc2onc(C)c12. The summed E-state index contributed by atoms with van der Waals surface area (Å²) < 4.78 is 12.5. The molecule has 0 aliphatic heterocycles. The second-order valence-corrected chi connectivity index (χ2v) is 7.03. The summed E-state index contributed by atoms with van der Waals surface area (Å²) in [5.74, 6) is 0.617. The largest absolute Gasteiger partial charge is 0.497 e. The van der Waals surface area contributed by atoms with Gasteiger partial charge in [0, 0.05) is 25.4 Å². The van der Waals surface area contributed by atoms with Crippen molar-refractivity contribution in [3.8, 4) is 17.0 Å². The lowest BCUT2D eigenvalue weighted by Gasteiger charge is -2.18. The molecule has 0 aliphatic carbocycles. The van der Waals surface area contributed by atoms with Crippen LogP contribution in [0.2, 0.25) is 0 Å². The number of aryl methyl sites for hydroxylation is 2. The van der Waals surface area contributed by atoms with Crippen molar-refractivity contribution in [1.29, 1.82) is 0 Å². The van der Waals surface area contributed by atoms with Crippen LogP contribution in [-0.2, 0) is 13.1 Å². The molecule has 0 saturated carbocycles. The molecular weight excluding hydrogens is 382 g/mol. The highest BCUT2D eigenvalue weighted by Crippen LogP contribution is 2.29. The third-order valence-corrected chi connectivity index (χ3v) is 5.08. The average molecular weight is 405 g/mol. The molecule has 0 unspecified atom stereocenters. The number of methoxy groups -OCH3 is 1. The Morgan fingerprint density at radius 1 is 1.23 bits per heavy atom. The molecule has 0 bridgehead atoms. The molecule has 3 aromatic heterocycles. The number of rotatable bonds is 6. The van der Waals surface area contributed by atoms with Crippen molar-refractivity contribution in [3.63, 3.8) is 0 Å². The van der Waals surface area contributed by atoms with Crippen LogP contribution < -0.4 is 4.74 Å². The highest BCUT2D eigenvalue weighted by atomic mass is 16.5. The highest BCUT2D eigenvalue weighted by molar-refractivity contribution is 6.06. The Hall–Kier alpha value is -3.68. The topological polar surface area (TPSA) is 86.3 Å². The standard InChI is InChI=1S/C22H23N5O3/c1-5-27-16(10-11-23-27)13-26(3)22(28)18-12-19(15-6-8-17(29-4)9-7-15)24-21-20(18)14(2)25-30-21/h6-12H,5,13H2,1-4H3. The number of carbonyl (C=O) groups is 1. The zero-order chi connectivity index (χ0) is 21.3. The molecule has 0 aliphatic rings. The van der Waals surface area contributed by atoms with Crippen molar-refractivity contribution >= 4 is 17.0 Å². The molecule has 30 heavy (non-hydrogen) atoms. The number of pyridine rings is 1. The molecule has 8 nitrogen and oxygen atoms in total. The van der Waals surface area contributed by atoms with Crippen LogP contribution in [0.1, 0.15) is 28.7 Å². The molecule has 0 spiro atoms. The molecule has 1 aromatic carbocycles. The summed E-state index contributed by atoms with van der Waals surface area (Å²) in [6.45, 7) is 5.02. The van der Waals surface area contributed by atoms with Crippen molar-refractivity contribution in [1.82, 2.24) is 24.8 Å². The predicted octanol–water partition coefficient (Wildman–Crippen LogP) is 3.70. The molecule has 1 amide bonds.